The molecule has 0 spiro atoms. The summed E-state index contributed by atoms with van der Waals surface area (Å²) in [6.45, 7) is 3.55. The van der Waals surface area contributed by atoms with Crippen molar-refractivity contribution < 1.29 is 4.52 Å². The third-order valence-corrected chi connectivity index (χ3v) is 1.77. The van der Waals surface area contributed by atoms with Crippen LogP contribution in [0.2, 0.25) is 0 Å². The lowest BCUT2D eigenvalue weighted by Crippen LogP contribution is -1.90. The summed E-state index contributed by atoms with van der Waals surface area (Å²) < 4.78 is 4.89. The van der Waals surface area contributed by atoms with Gasteiger partial charge in [-0.2, -0.15) is 4.98 Å². The van der Waals surface area contributed by atoms with Crippen molar-refractivity contribution in [1.82, 2.24) is 15.1 Å². The number of hydrogen-bond acceptors (Lipinski definition) is 4. The summed E-state index contributed by atoms with van der Waals surface area (Å²) in [5, 5.41) is 3.80. The lowest BCUT2D eigenvalue weighted by molar-refractivity contribution is 0.404. The second kappa shape index (κ2) is 3.83. The molecule has 0 aromatic carbocycles. The van der Waals surface area contributed by atoms with Gasteiger partial charge in [-0.1, -0.05) is 11.7 Å². The zero-order valence-corrected chi connectivity index (χ0v) is 7.55. The Labute approximate surface area is 81.3 Å². The van der Waals surface area contributed by atoms with Gasteiger partial charge in [0.25, 0.3) is 0 Å². The lowest BCUT2D eigenvalue weighted by atomic mass is 10.2. The molecule has 0 fully saturated rings. The highest BCUT2D eigenvalue weighted by Gasteiger charge is 2.03. The van der Waals surface area contributed by atoms with Crippen molar-refractivity contribution in [3.8, 4) is 0 Å². The molecule has 2 heterocycles. The number of hydrogen-bond donors (Lipinski definition) is 0. The molecule has 0 aliphatic heterocycles. The average molecular weight is 187 g/mol. The van der Waals surface area contributed by atoms with Crippen LogP contribution in [0.4, 0.5) is 0 Å². The molecule has 0 atom stereocenters. The van der Waals surface area contributed by atoms with Gasteiger partial charge in [0.2, 0.25) is 5.89 Å². The molecule has 4 nitrogen and oxygen atoms in total. The van der Waals surface area contributed by atoms with E-state index in [1.807, 2.05) is 12.1 Å². The van der Waals surface area contributed by atoms with Crippen molar-refractivity contribution >= 4 is 6.08 Å². The summed E-state index contributed by atoms with van der Waals surface area (Å²) in [6.07, 6.45) is 5.66. The van der Waals surface area contributed by atoms with Crippen molar-refractivity contribution in [2.24, 2.45) is 0 Å². The molecule has 2 aromatic rings. The maximum absolute atomic E-state index is 4.89. The van der Waals surface area contributed by atoms with E-state index in [1.54, 1.807) is 12.4 Å². The molecule has 0 unspecified atom stereocenters. The molecule has 70 valence electrons. The van der Waals surface area contributed by atoms with E-state index in [-0.39, 0.29) is 0 Å². The Morgan fingerprint density at radius 3 is 2.79 bits per heavy atom. The third-order valence-electron chi connectivity index (χ3n) is 1.77. The summed E-state index contributed by atoms with van der Waals surface area (Å²) in [7, 11) is 0. The van der Waals surface area contributed by atoms with Crippen LogP contribution < -0.4 is 0 Å². The monoisotopic (exact) mass is 187 g/mol. The van der Waals surface area contributed by atoms with Crippen LogP contribution in [0.1, 0.15) is 17.3 Å². The Kier molecular flexibility index (Phi) is 2.36. The fourth-order valence-electron chi connectivity index (χ4n) is 1.11. The van der Waals surface area contributed by atoms with E-state index in [4.69, 9.17) is 4.52 Å². The van der Waals surface area contributed by atoms with Crippen LogP contribution in [0.3, 0.4) is 0 Å². The van der Waals surface area contributed by atoms with Gasteiger partial charge in [-0.3, -0.25) is 4.98 Å². The first-order chi connectivity index (χ1) is 6.88. The Balaban J connectivity index is 2.15. The minimum Gasteiger partial charge on any atom is -0.335 e. The first-order valence-electron chi connectivity index (χ1n) is 4.22. The standard InChI is InChI=1S/C10H9N3O/c1-2-10-12-9(13-14-10)7-8-3-5-11-6-4-8/h2-6H,1,7H2. The van der Waals surface area contributed by atoms with Crippen molar-refractivity contribution in [3.63, 3.8) is 0 Å². The molecule has 0 bridgehead atoms. The van der Waals surface area contributed by atoms with Crippen LogP contribution in [0.5, 0.6) is 0 Å². The lowest BCUT2D eigenvalue weighted by Gasteiger charge is -1.93. The van der Waals surface area contributed by atoms with E-state index in [1.165, 1.54) is 6.08 Å². The van der Waals surface area contributed by atoms with E-state index in [2.05, 4.69) is 21.7 Å². The molecule has 2 aromatic heterocycles. The molecule has 0 amide bonds. The maximum Gasteiger partial charge on any atom is 0.250 e. The van der Waals surface area contributed by atoms with Crippen molar-refractivity contribution in [1.29, 1.82) is 0 Å². The number of aromatic nitrogens is 3. The summed E-state index contributed by atoms with van der Waals surface area (Å²) in [6, 6.07) is 3.84. The number of rotatable bonds is 3. The van der Waals surface area contributed by atoms with Gasteiger partial charge in [-0.15, -0.1) is 0 Å². The zero-order valence-electron chi connectivity index (χ0n) is 7.55. The molecule has 0 saturated heterocycles. The Morgan fingerprint density at radius 2 is 2.14 bits per heavy atom. The highest BCUT2D eigenvalue weighted by atomic mass is 16.5. The van der Waals surface area contributed by atoms with Gasteiger partial charge in [-0.05, 0) is 23.8 Å². The molecular formula is C10H9N3O. The fourth-order valence-corrected chi connectivity index (χ4v) is 1.11. The smallest absolute Gasteiger partial charge is 0.250 e. The fraction of sp³-hybridized carbons (Fsp3) is 0.100. The predicted molar refractivity (Wildman–Crippen MR) is 51.4 cm³/mol. The van der Waals surface area contributed by atoms with Gasteiger partial charge in [0.05, 0.1) is 0 Å². The normalized spacial score (nSPS) is 10.0. The summed E-state index contributed by atoms with van der Waals surface area (Å²) in [5.74, 6) is 1.11. The molecule has 0 N–H and O–H groups in total. The quantitative estimate of drug-likeness (QED) is 0.733. The molecule has 0 aliphatic rings. The highest BCUT2D eigenvalue weighted by molar-refractivity contribution is 5.32. The molecule has 14 heavy (non-hydrogen) atoms. The molecule has 0 saturated carbocycles. The largest absolute Gasteiger partial charge is 0.335 e. The van der Waals surface area contributed by atoms with E-state index < -0.39 is 0 Å². The zero-order chi connectivity index (χ0) is 9.80. The van der Waals surface area contributed by atoms with Crippen molar-refractivity contribution in [2.75, 3.05) is 0 Å². The summed E-state index contributed by atoms with van der Waals surface area (Å²) in [4.78, 5) is 8.04. The minimum atomic E-state index is 0.453. The molecule has 0 aliphatic carbocycles. The van der Waals surface area contributed by atoms with Gasteiger partial charge in [0, 0.05) is 18.8 Å². The van der Waals surface area contributed by atoms with Crippen LogP contribution in [0.25, 0.3) is 6.08 Å². The van der Waals surface area contributed by atoms with E-state index in [0.29, 0.717) is 18.1 Å². The molecule has 0 radical (unpaired) electrons. The van der Waals surface area contributed by atoms with Crippen LogP contribution >= 0.6 is 0 Å². The van der Waals surface area contributed by atoms with Gasteiger partial charge in [0.15, 0.2) is 5.82 Å². The average Bonchev–Trinajstić information content (AvgIpc) is 2.67. The molecule has 2 rings (SSSR count). The highest BCUT2D eigenvalue weighted by Crippen LogP contribution is 2.05. The SMILES string of the molecule is C=Cc1nc(Cc2ccncc2)no1. The van der Waals surface area contributed by atoms with Crippen LogP contribution in [0.15, 0.2) is 35.6 Å². The Hall–Kier alpha value is -1.97. The van der Waals surface area contributed by atoms with E-state index >= 15 is 0 Å². The van der Waals surface area contributed by atoms with Crippen LogP contribution in [-0.2, 0) is 6.42 Å². The predicted octanol–water partition coefficient (Wildman–Crippen LogP) is 1.70. The summed E-state index contributed by atoms with van der Waals surface area (Å²) >= 11 is 0. The van der Waals surface area contributed by atoms with Gasteiger partial charge < -0.3 is 4.52 Å². The van der Waals surface area contributed by atoms with Crippen LogP contribution in [0, 0.1) is 0 Å². The van der Waals surface area contributed by atoms with Crippen molar-refractivity contribution in [3.05, 3.63) is 48.4 Å². The minimum absolute atomic E-state index is 0.453. The first kappa shape index (κ1) is 8.62. The maximum atomic E-state index is 4.89. The Morgan fingerprint density at radius 1 is 1.36 bits per heavy atom. The van der Waals surface area contributed by atoms with E-state index in [9.17, 15) is 0 Å². The number of nitrogens with zero attached hydrogens (tertiary/aromatic N) is 3. The third kappa shape index (κ3) is 1.85. The van der Waals surface area contributed by atoms with Gasteiger partial charge in [0.1, 0.15) is 0 Å². The molecular weight excluding hydrogens is 178 g/mol. The topological polar surface area (TPSA) is 51.8 Å². The van der Waals surface area contributed by atoms with Crippen molar-refractivity contribution in [2.45, 2.75) is 6.42 Å². The Bertz CT molecular complexity index is 422. The van der Waals surface area contributed by atoms with E-state index in [0.717, 1.165) is 5.56 Å². The second-order valence-corrected chi connectivity index (χ2v) is 2.79. The molecule has 4 heteroatoms. The number of pyridine rings is 1. The first-order valence-corrected chi connectivity index (χ1v) is 4.22. The van der Waals surface area contributed by atoms with Gasteiger partial charge >= 0.3 is 0 Å². The van der Waals surface area contributed by atoms with Crippen LogP contribution in [-0.4, -0.2) is 15.1 Å². The van der Waals surface area contributed by atoms with Gasteiger partial charge in [-0.25, -0.2) is 0 Å². The summed E-state index contributed by atoms with van der Waals surface area (Å²) in [5.41, 5.74) is 1.11. The second-order valence-electron chi connectivity index (χ2n) is 2.79.